The summed E-state index contributed by atoms with van der Waals surface area (Å²) >= 11 is 0. The molecule has 0 aliphatic carbocycles. The Kier molecular flexibility index (Phi) is 3.48. The van der Waals surface area contributed by atoms with Gasteiger partial charge in [-0.05, 0) is 37.6 Å². The van der Waals surface area contributed by atoms with Crippen LogP contribution in [0.5, 0.6) is 5.75 Å². The predicted molar refractivity (Wildman–Crippen MR) is 74.8 cm³/mol. The fourth-order valence-corrected chi connectivity index (χ4v) is 3.16. The van der Waals surface area contributed by atoms with Crippen LogP contribution in [-0.2, 0) is 10.0 Å². The molecule has 2 aromatic rings. The molecule has 0 radical (unpaired) electrons. The van der Waals surface area contributed by atoms with Gasteiger partial charge in [-0.3, -0.25) is 4.72 Å². The second-order valence-corrected chi connectivity index (χ2v) is 5.97. The maximum Gasteiger partial charge on any atom is 0.262 e. The molecule has 0 aliphatic heterocycles. The Balaban J connectivity index is 2.43. The van der Waals surface area contributed by atoms with Crippen LogP contribution in [-0.4, -0.2) is 13.5 Å². The minimum absolute atomic E-state index is 0.0602. The SMILES string of the molecule is Cc1ccccc1S(=O)(=O)Nc1cccc(O)c1C. The smallest absolute Gasteiger partial charge is 0.262 e. The number of rotatable bonds is 3. The summed E-state index contributed by atoms with van der Waals surface area (Å²) in [5.41, 5.74) is 1.55. The van der Waals surface area contributed by atoms with Crippen LogP contribution in [0.4, 0.5) is 5.69 Å². The number of aryl methyl sites for hydroxylation is 1. The van der Waals surface area contributed by atoms with E-state index in [1.54, 1.807) is 50.2 Å². The molecule has 19 heavy (non-hydrogen) atoms. The van der Waals surface area contributed by atoms with E-state index in [9.17, 15) is 13.5 Å². The highest BCUT2D eigenvalue weighted by atomic mass is 32.2. The molecular weight excluding hydrogens is 262 g/mol. The average molecular weight is 277 g/mol. The Labute approximate surface area is 112 Å². The molecule has 5 heteroatoms. The van der Waals surface area contributed by atoms with E-state index in [1.165, 1.54) is 6.07 Å². The Bertz CT molecular complexity index is 708. The molecule has 2 N–H and O–H groups in total. The topological polar surface area (TPSA) is 66.4 Å². The van der Waals surface area contributed by atoms with Crippen molar-refractivity contribution in [2.45, 2.75) is 18.7 Å². The van der Waals surface area contributed by atoms with Crippen molar-refractivity contribution in [3.63, 3.8) is 0 Å². The number of phenolic OH excluding ortho intramolecular Hbond substituents is 1. The zero-order chi connectivity index (χ0) is 14.0. The van der Waals surface area contributed by atoms with Gasteiger partial charge in [-0.15, -0.1) is 0 Å². The van der Waals surface area contributed by atoms with Crippen molar-refractivity contribution in [3.8, 4) is 5.75 Å². The van der Waals surface area contributed by atoms with E-state index in [-0.39, 0.29) is 10.6 Å². The number of aromatic hydroxyl groups is 1. The van der Waals surface area contributed by atoms with Crippen molar-refractivity contribution >= 4 is 15.7 Å². The van der Waals surface area contributed by atoms with Crippen molar-refractivity contribution in [1.82, 2.24) is 0 Å². The summed E-state index contributed by atoms with van der Waals surface area (Å²) in [5, 5.41) is 9.59. The van der Waals surface area contributed by atoms with Gasteiger partial charge in [0.25, 0.3) is 10.0 Å². The van der Waals surface area contributed by atoms with E-state index in [4.69, 9.17) is 0 Å². The second kappa shape index (κ2) is 4.93. The first kappa shape index (κ1) is 13.4. The summed E-state index contributed by atoms with van der Waals surface area (Å²) in [5.74, 6) is 0.0602. The first-order chi connectivity index (χ1) is 8.92. The summed E-state index contributed by atoms with van der Waals surface area (Å²) in [6.45, 7) is 3.40. The maximum absolute atomic E-state index is 12.3. The van der Waals surface area contributed by atoms with Gasteiger partial charge in [0, 0.05) is 5.56 Å². The van der Waals surface area contributed by atoms with Crippen molar-refractivity contribution < 1.29 is 13.5 Å². The molecule has 2 aromatic carbocycles. The molecule has 0 fully saturated rings. The maximum atomic E-state index is 12.3. The van der Waals surface area contributed by atoms with Crippen LogP contribution in [0.3, 0.4) is 0 Å². The lowest BCUT2D eigenvalue weighted by Gasteiger charge is -2.12. The van der Waals surface area contributed by atoms with Gasteiger partial charge in [-0.25, -0.2) is 8.42 Å². The number of hydrogen-bond donors (Lipinski definition) is 2. The third-order valence-corrected chi connectivity index (χ3v) is 4.46. The molecule has 4 nitrogen and oxygen atoms in total. The van der Waals surface area contributed by atoms with Gasteiger partial charge in [-0.2, -0.15) is 0 Å². The summed E-state index contributed by atoms with van der Waals surface area (Å²) in [6.07, 6.45) is 0. The van der Waals surface area contributed by atoms with Gasteiger partial charge in [0.1, 0.15) is 5.75 Å². The highest BCUT2D eigenvalue weighted by Gasteiger charge is 2.17. The van der Waals surface area contributed by atoms with Crippen LogP contribution in [0.1, 0.15) is 11.1 Å². The van der Waals surface area contributed by atoms with E-state index in [2.05, 4.69) is 4.72 Å². The zero-order valence-electron chi connectivity index (χ0n) is 10.7. The van der Waals surface area contributed by atoms with Crippen LogP contribution in [0.15, 0.2) is 47.4 Å². The van der Waals surface area contributed by atoms with Crippen LogP contribution in [0, 0.1) is 13.8 Å². The van der Waals surface area contributed by atoms with E-state index >= 15 is 0 Å². The molecular formula is C14H15NO3S. The molecule has 100 valence electrons. The van der Waals surface area contributed by atoms with Gasteiger partial charge in [0.15, 0.2) is 0 Å². The van der Waals surface area contributed by atoms with Gasteiger partial charge in [0.2, 0.25) is 0 Å². The molecule has 0 saturated carbocycles. The Morgan fingerprint density at radius 1 is 1.00 bits per heavy atom. The molecule has 0 amide bonds. The number of anilines is 1. The van der Waals surface area contributed by atoms with Gasteiger partial charge in [0.05, 0.1) is 10.6 Å². The Morgan fingerprint density at radius 2 is 1.68 bits per heavy atom. The van der Waals surface area contributed by atoms with Crippen molar-refractivity contribution in [1.29, 1.82) is 0 Å². The molecule has 0 spiro atoms. The van der Waals surface area contributed by atoms with Crippen molar-refractivity contribution in [2.75, 3.05) is 4.72 Å². The molecule has 0 unspecified atom stereocenters. The van der Waals surface area contributed by atoms with Gasteiger partial charge < -0.3 is 5.11 Å². The minimum Gasteiger partial charge on any atom is -0.508 e. The van der Waals surface area contributed by atoms with E-state index in [1.807, 2.05) is 0 Å². The molecule has 2 rings (SSSR count). The quantitative estimate of drug-likeness (QED) is 0.906. The zero-order valence-corrected chi connectivity index (χ0v) is 11.5. The van der Waals surface area contributed by atoms with Crippen LogP contribution >= 0.6 is 0 Å². The normalized spacial score (nSPS) is 11.3. The summed E-state index contributed by atoms with van der Waals surface area (Å²) in [6, 6.07) is 11.5. The molecule has 0 bridgehead atoms. The second-order valence-electron chi connectivity index (χ2n) is 4.32. The number of nitrogens with one attached hydrogen (secondary N) is 1. The summed E-state index contributed by atoms with van der Waals surface area (Å²) < 4.78 is 27.1. The van der Waals surface area contributed by atoms with E-state index in [0.29, 0.717) is 16.8 Å². The molecule has 0 aliphatic rings. The molecule has 0 atom stereocenters. The van der Waals surface area contributed by atoms with Crippen LogP contribution < -0.4 is 4.72 Å². The first-order valence-electron chi connectivity index (χ1n) is 5.79. The number of hydrogen-bond acceptors (Lipinski definition) is 3. The Morgan fingerprint density at radius 3 is 2.37 bits per heavy atom. The van der Waals surface area contributed by atoms with E-state index < -0.39 is 10.0 Å². The third-order valence-electron chi connectivity index (χ3n) is 2.93. The van der Waals surface area contributed by atoms with Crippen LogP contribution in [0.25, 0.3) is 0 Å². The lowest BCUT2D eigenvalue weighted by molar-refractivity contribution is 0.471. The van der Waals surface area contributed by atoms with Crippen LogP contribution in [0.2, 0.25) is 0 Å². The predicted octanol–water partition coefficient (Wildman–Crippen LogP) is 2.81. The number of phenols is 1. The Hall–Kier alpha value is -2.01. The molecule has 0 aromatic heterocycles. The first-order valence-corrected chi connectivity index (χ1v) is 7.27. The highest BCUT2D eigenvalue weighted by Crippen LogP contribution is 2.26. The van der Waals surface area contributed by atoms with Crippen molar-refractivity contribution in [3.05, 3.63) is 53.6 Å². The molecule has 0 heterocycles. The lowest BCUT2D eigenvalue weighted by atomic mass is 10.2. The largest absolute Gasteiger partial charge is 0.508 e. The van der Waals surface area contributed by atoms with E-state index in [0.717, 1.165) is 0 Å². The standard InChI is InChI=1S/C14H15NO3S/c1-10-6-3-4-9-14(10)19(17,18)15-12-7-5-8-13(16)11(12)2/h3-9,15-16H,1-2H3. The lowest BCUT2D eigenvalue weighted by Crippen LogP contribution is -2.14. The fraction of sp³-hybridized carbons (Fsp3) is 0.143. The highest BCUT2D eigenvalue weighted by molar-refractivity contribution is 7.92. The van der Waals surface area contributed by atoms with Gasteiger partial charge >= 0.3 is 0 Å². The third kappa shape index (κ3) is 2.71. The minimum atomic E-state index is -3.64. The number of sulfonamides is 1. The van der Waals surface area contributed by atoms with Gasteiger partial charge in [-0.1, -0.05) is 24.3 Å². The average Bonchev–Trinajstić information content (AvgIpc) is 2.35. The van der Waals surface area contributed by atoms with Crippen molar-refractivity contribution in [2.24, 2.45) is 0 Å². The molecule has 0 saturated heterocycles. The fourth-order valence-electron chi connectivity index (χ4n) is 1.79. The summed E-state index contributed by atoms with van der Waals surface area (Å²) in [4.78, 5) is 0.234. The monoisotopic (exact) mass is 277 g/mol. The number of benzene rings is 2. The summed E-state index contributed by atoms with van der Waals surface area (Å²) in [7, 11) is -3.64.